The first kappa shape index (κ1) is 15.0. The van der Waals surface area contributed by atoms with Gasteiger partial charge in [-0.2, -0.15) is 0 Å². The predicted molar refractivity (Wildman–Crippen MR) is 71.4 cm³/mol. The molecule has 21 heavy (non-hydrogen) atoms. The summed E-state index contributed by atoms with van der Waals surface area (Å²) in [6.07, 6.45) is -2.90. The van der Waals surface area contributed by atoms with Crippen LogP contribution in [-0.2, 0) is 18.9 Å². The molecule has 0 saturated carbocycles. The first-order valence-corrected chi connectivity index (χ1v) is 7.25. The molecule has 1 amide bonds. The van der Waals surface area contributed by atoms with Crippen molar-refractivity contribution in [1.29, 1.82) is 0 Å². The third-order valence-corrected chi connectivity index (χ3v) is 3.96. The minimum atomic E-state index is -0.916. The van der Waals surface area contributed by atoms with E-state index in [1.54, 1.807) is 13.8 Å². The number of hydrogen-bond acceptors (Lipinski definition) is 6. The van der Waals surface area contributed by atoms with Crippen molar-refractivity contribution in [2.75, 3.05) is 6.61 Å². The zero-order valence-corrected chi connectivity index (χ0v) is 13.0. The van der Waals surface area contributed by atoms with Crippen LogP contribution in [0.2, 0.25) is 0 Å². The molecule has 3 saturated heterocycles. The number of hydrogen-bond donors (Lipinski definition) is 1. The molecule has 0 radical (unpaired) electrons. The third-order valence-electron chi connectivity index (χ3n) is 3.96. The molecule has 0 aromatic rings. The monoisotopic (exact) mass is 301 g/mol. The van der Waals surface area contributed by atoms with E-state index in [0.29, 0.717) is 6.61 Å². The van der Waals surface area contributed by atoms with Gasteiger partial charge in [-0.25, -0.2) is 4.79 Å². The number of fused-ring (bicyclic) bond motifs is 4. The smallest absolute Gasteiger partial charge is 0.413 e. The number of aliphatic hydroxyl groups is 1. The largest absolute Gasteiger partial charge is 0.444 e. The number of amides is 1. The van der Waals surface area contributed by atoms with Crippen LogP contribution in [-0.4, -0.2) is 64.7 Å². The first-order valence-electron chi connectivity index (χ1n) is 7.25. The van der Waals surface area contributed by atoms with Crippen LogP contribution in [0.25, 0.3) is 0 Å². The third kappa shape index (κ3) is 2.42. The van der Waals surface area contributed by atoms with E-state index < -0.39 is 42.0 Å². The Bertz CT molecular complexity index is 445. The quantitative estimate of drug-likeness (QED) is 0.714. The number of carbonyl (C=O) groups is 1. The lowest BCUT2D eigenvalue weighted by molar-refractivity contribution is -0.204. The molecule has 3 fully saturated rings. The van der Waals surface area contributed by atoms with Crippen LogP contribution in [0, 0.1) is 0 Å². The van der Waals surface area contributed by atoms with Crippen LogP contribution in [0.15, 0.2) is 0 Å². The van der Waals surface area contributed by atoms with Crippen molar-refractivity contribution in [1.82, 2.24) is 4.90 Å². The van der Waals surface area contributed by atoms with Gasteiger partial charge in [0.25, 0.3) is 0 Å². The zero-order chi connectivity index (χ0) is 15.6. The Kier molecular flexibility index (Phi) is 3.26. The van der Waals surface area contributed by atoms with E-state index in [9.17, 15) is 9.90 Å². The predicted octanol–water partition coefficient (Wildman–Crippen LogP) is 0.843. The molecular formula is C14H23NO6. The molecule has 3 aliphatic heterocycles. The standard InChI is InChI=1S/C14H23NO6/c1-13(2,3)21-12(17)15-8-7-6-18-11(19-7)9(16)10(8)20-14(15,4)5/h7-11,16H,6H2,1-5H3. The molecular weight excluding hydrogens is 278 g/mol. The summed E-state index contributed by atoms with van der Waals surface area (Å²) in [6.45, 7) is 9.35. The zero-order valence-electron chi connectivity index (χ0n) is 13.0. The lowest BCUT2D eigenvalue weighted by Gasteiger charge is -2.38. The van der Waals surface area contributed by atoms with Gasteiger partial charge in [-0.1, -0.05) is 0 Å². The molecule has 5 unspecified atom stereocenters. The molecule has 0 aliphatic carbocycles. The van der Waals surface area contributed by atoms with Gasteiger partial charge in [-0.05, 0) is 34.6 Å². The van der Waals surface area contributed by atoms with Gasteiger partial charge in [0.2, 0.25) is 0 Å². The Balaban J connectivity index is 1.89. The van der Waals surface area contributed by atoms with E-state index in [0.717, 1.165) is 0 Å². The topological polar surface area (TPSA) is 77.5 Å². The number of ether oxygens (including phenoxy) is 4. The molecule has 2 bridgehead atoms. The van der Waals surface area contributed by atoms with Gasteiger partial charge < -0.3 is 24.1 Å². The molecule has 0 aromatic heterocycles. The molecule has 3 rings (SSSR count). The van der Waals surface area contributed by atoms with Gasteiger partial charge in [-0.15, -0.1) is 0 Å². The maximum Gasteiger partial charge on any atom is 0.413 e. The Labute approximate surface area is 124 Å². The van der Waals surface area contributed by atoms with Gasteiger partial charge in [0.15, 0.2) is 6.29 Å². The molecule has 0 aromatic carbocycles. The van der Waals surface area contributed by atoms with Crippen LogP contribution in [0.5, 0.6) is 0 Å². The number of rotatable bonds is 0. The average Bonchev–Trinajstić information content (AvgIpc) is 2.84. The lowest BCUT2D eigenvalue weighted by atomic mass is 9.97. The van der Waals surface area contributed by atoms with Gasteiger partial charge in [0.1, 0.15) is 29.6 Å². The summed E-state index contributed by atoms with van der Waals surface area (Å²) in [6, 6.07) is -0.413. The molecule has 1 N–H and O–H groups in total. The second-order valence-electron chi connectivity index (χ2n) is 7.24. The Morgan fingerprint density at radius 3 is 2.67 bits per heavy atom. The van der Waals surface area contributed by atoms with E-state index >= 15 is 0 Å². The molecule has 3 aliphatic rings. The van der Waals surface area contributed by atoms with Crippen molar-refractivity contribution < 1.29 is 28.8 Å². The van der Waals surface area contributed by atoms with E-state index in [1.807, 2.05) is 20.8 Å². The second kappa shape index (κ2) is 4.55. The maximum absolute atomic E-state index is 12.6. The van der Waals surface area contributed by atoms with Crippen molar-refractivity contribution in [2.24, 2.45) is 0 Å². The lowest BCUT2D eigenvalue weighted by Crippen LogP contribution is -2.59. The summed E-state index contributed by atoms with van der Waals surface area (Å²) >= 11 is 0. The molecule has 3 heterocycles. The highest BCUT2D eigenvalue weighted by Crippen LogP contribution is 2.43. The highest BCUT2D eigenvalue weighted by molar-refractivity contribution is 5.70. The van der Waals surface area contributed by atoms with Crippen LogP contribution < -0.4 is 0 Å². The van der Waals surface area contributed by atoms with Crippen LogP contribution in [0.4, 0.5) is 4.79 Å². The van der Waals surface area contributed by atoms with Crippen LogP contribution >= 0.6 is 0 Å². The molecule has 5 atom stereocenters. The maximum atomic E-state index is 12.6. The molecule has 0 spiro atoms. The van der Waals surface area contributed by atoms with Crippen LogP contribution in [0.3, 0.4) is 0 Å². The fourth-order valence-electron chi connectivity index (χ4n) is 3.22. The van der Waals surface area contributed by atoms with Crippen molar-refractivity contribution in [3.8, 4) is 0 Å². The van der Waals surface area contributed by atoms with Crippen molar-refractivity contribution in [3.63, 3.8) is 0 Å². The van der Waals surface area contributed by atoms with Crippen LogP contribution in [0.1, 0.15) is 34.6 Å². The van der Waals surface area contributed by atoms with E-state index in [1.165, 1.54) is 4.90 Å². The minimum absolute atomic E-state index is 0.308. The van der Waals surface area contributed by atoms with Gasteiger partial charge >= 0.3 is 6.09 Å². The van der Waals surface area contributed by atoms with Gasteiger partial charge in [0.05, 0.1) is 12.6 Å². The highest BCUT2D eigenvalue weighted by Gasteiger charge is 2.62. The normalized spacial score (nSPS) is 41.0. The highest BCUT2D eigenvalue weighted by atomic mass is 16.7. The number of nitrogens with zero attached hydrogens (tertiary/aromatic N) is 1. The SMILES string of the molecule is CC(C)(C)OC(=O)N1C2C3COC(O3)C(O)C2OC1(C)C. The van der Waals surface area contributed by atoms with Gasteiger partial charge in [-0.3, -0.25) is 4.90 Å². The summed E-state index contributed by atoms with van der Waals surface area (Å²) in [5.41, 5.74) is -1.47. The average molecular weight is 301 g/mol. The molecule has 7 nitrogen and oxygen atoms in total. The van der Waals surface area contributed by atoms with Crippen molar-refractivity contribution in [2.45, 2.75) is 76.6 Å². The fraction of sp³-hybridized carbons (Fsp3) is 0.929. The molecule has 120 valence electrons. The summed E-state index contributed by atoms with van der Waals surface area (Å²) < 4.78 is 22.4. The van der Waals surface area contributed by atoms with E-state index in [-0.39, 0.29) is 6.10 Å². The minimum Gasteiger partial charge on any atom is -0.444 e. The van der Waals surface area contributed by atoms with Gasteiger partial charge in [0, 0.05) is 0 Å². The Morgan fingerprint density at radius 1 is 1.38 bits per heavy atom. The second-order valence-corrected chi connectivity index (χ2v) is 7.24. The first-order chi connectivity index (χ1) is 9.60. The number of aliphatic hydroxyl groups excluding tert-OH is 1. The Hall–Kier alpha value is -0.890. The fourth-order valence-corrected chi connectivity index (χ4v) is 3.22. The summed E-state index contributed by atoms with van der Waals surface area (Å²) in [5, 5.41) is 10.3. The van der Waals surface area contributed by atoms with Crippen molar-refractivity contribution in [3.05, 3.63) is 0 Å². The summed E-state index contributed by atoms with van der Waals surface area (Å²) in [4.78, 5) is 14.1. The van der Waals surface area contributed by atoms with E-state index in [4.69, 9.17) is 18.9 Å². The Morgan fingerprint density at radius 2 is 2.05 bits per heavy atom. The van der Waals surface area contributed by atoms with E-state index in [2.05, 4.69) is 0 Å². The summed E-state index contributed by atoms with van der Waals surface area (Å²) in [7, 11) is 0. The molecule has 7 heteroatoms. The summed E-state index contributed by atoms with van der Waals surface area (Å²) in [5.74, 6) is 0. The van der Waals surface area contributed by atoms with Crippen molar-refractivity contribution >= 4 is 6.09 Å². The number of carbonyl (C=O) groups excluding carboxylic acids is 1.